The minimum absolute atomic E-state index is 0.562. The lowest BCUT2D eigenvalue weighted by Crippen LogP contribution is -2.00. The number of aromatic nitrogens is 1. The maximum atomic E-state index is 5.23. The van der Waals surface area contributed by atoms with Gasteiger partial charge in [-0.25, -0.2) is 0 Å². The molecule has 0 spiro atoms. The molecular weight excluding hydrogens is 330 g/mol. The second-order valence-corrected chi connectivity index (χ2v) is 6.72. The van der Waals surface area contributed by atoms with Crippen molar-refractivity contribution in [3.8, 4) is 0 Å². The molecular formula is C13H17NO2S4. The van der Waals surface area contributed by atoms with Crippen molar-refractivity contribution >= 4 is 56.7 Å². The van der Waals surface area contributed by atoms with E-state index in [1.807, 2.05) is 32.0 Å². The monoisotopic (exact) mass is 347 g/mol. The van der Waals surface area contributed by atoms with Crippen molar-refractivity contribution in [3.05, 3.63) is 29.6 Å². The van der Waals surface area contributed by atoms with Crippen LogP contribution in [-0.2, 0) is 21.0 Å². The van der Waals surface area contributed by atoms with Gasteiger partial charge in [0.1, 0.15) is 0 Å². The molecule has 0 aliphatic carbocycles. The number of hydrogen-bond acceptors (Lipinski definition) is 7. The fraction of sp³-hybridized carbons (Fsp3) is 0.462. The molecule has 110 valence electrons. The van der Waals surface area contributed by atoms with Crippen molar-refractivity contribution in [1.29, 1.82) is 0 Å². The molecule has 1 aromatic rings. The molecule has 0 radical (unpaired) electrons. The van der Waals surface area contributed by atoms with E-state index in [0.29, 0.717) is 33.5 Å². The lowest BCUT2D eigenvalue weighted by molar-refractivity contribution is 0.346. The average molecular weight is 348 g/mol. The van der Waals surface area contributed by atoms with Crippen molar-refractivity contribution in [2.75, 3.05) is 13.2 Å². The lowest BCUT2D eigenvalue weighted by Gasteiger charge is -2.06. The van der Waals surface area contributed by atoms with Crippen molar-refractivity contribution in [2.45, 2.75) is 25.4 Å². The lowest BCUT2D eigenvalue weighted by atomic mass is 10.3. The number of nitrogens with zero attached hydrogens (tertiary/aromatic N) is 1. The summed E-state index contributed by atoms with van der Waals surface area (Å²) >= 11 is 13.1. The van der Waals surface area contributed by atoms with Crippen LogP contribution in [-0.4, -0.2) is 27.0 Å². The third kappa shape index (κ3) is 7.42. The third-order valence-corrected chi connectivity index (χ3v) is 4.59. The van der Waals surface area contributed by atoms with Crippen LogP contribution in [0.3, 0.4) is 0 Å². The molecule has 1 aromatic heterocycles. The topological polar surface area (TPSA) is 31.4 Å². The van der Waals surface area contributed by atoms with Gasteiger partial charge in [-0.15, -0.1) is 0 Å². The van der Waals surface area contributed by atoms with Crippen LogP contribution in [0.2, 0.25) is 0 Å². The van der Waals surface area contributed by atoms with Crippen LogP contribution in [0.25, 0.3) is 0 Å². The van der Waals surface area contributed by atoms with Crippen molar-refractivity contribution in [1.82, 2.24) is 4.98 Å². The zero-order valence-corrected chi connectivity index (χ0v) is 14.7. The number of pyridine rings is 1. The molecule has 0 amide bonds. The van der Waals surface area contributed by atoms with Gasteiger partial charge in [-0.2, -0.15) is 0 Å². The first-order chi connectivity index (χ1) is 9.65. The van der Waals surface area contributed by atoms with Crippen LogP contribution in [0, 0.1) is 0 Å². The molecule has 7 heteroatoms. The zero-order valence-electron chi connectivity index (χ0n) is 11.5. The largest absolute Gasteiger partial charge is 0.479 e. The Kier molecular flexibility index (Phi) is 9.17. The third-order valence-electron chi connectivity index (χ3n) is 2.06. The highest BCUT2D eigenvalue weighted by Crippen LogP contribution is 2.17. The highest BCUT2D eigenvalue weighted by molar-refractivity contribution is 8.22. The van der Waals surface area contributed by atoms with Crippen molar-refractivity contribution < 1.29 is 9.47 Å². The Morgan fingerprint density at radius 1 is 1.00 bits per heavy atom. The molecule has 1 heterocycles. The number of rotatable bonds is 6. The van der Waals surface area contributed by atoms with E-state index in [4.69, 9.17) is 33.9 Å². The molecule has 0 saturated heterocycles. The first-order valence-electron chi connectivity index (χ1n) is 6.19. The summed E-state index contributed by atoms with van der Waals surface area (Å²) in [4.78, 5) is 4.56. The van der Waals surface area contributed by atoms with Crippen LogP contribution >= 0.6 is 48.0 Å². The molecule has 1 rings (SSSR count). The Morgan fingerprint density at radius 2 is 1.45 bits per heavy atom. The van der Waals surface area contributed by atoms with Gasteiger partial charge >= 0.3 is 0 Å². The second kappa shape index (κ2) is 10.4. The number of thiocarbonyl (C=S) groups is 2. The van der Waals surface area contributed by atoms with Gasteiger partial charge in [0.25, 0.3) is 0 Å². The van der Waals surface area contributed by atoms with Crippen LogP contribution in [0.15, 0.2) is 18.2 Å². The molecule has 3 nitrogen and oxygen atoms in total. The second-order valence-electron chi connectivity index (χ2n) is 3.56. The van der Waals surface area contributed by atoms with Gasteiger partial charge in [0.15, 0.2) is 0 Å². The number of hydrogen-bond donors (Lipinski definition) is 0. The summed E-state index contributed by atoms with van der Waals surface area (Å²) in [5.41, 5.74) is 1.97. The fourth-order valence-electron chi connectivity index (χ4n) is 1.27. The van der Waals surface area contributed by atoms with Gasteiger partial charge < -0.3 is 9.47 Å². The van der Waals surface area contributed by atoms with Crippen LogP contribution < -0.4 is 0 Å². The van der Waals surface area contributed by atoms with Crippen molar-refractivity contribution in [3.63, 3.8) is 0 Å². The molecule has 0 fully saturated rings. The summed E-state index contributed by atoms with van der Waals surface area (Å²) in [5, 5.41) is 0. The van der Waals surface area contributed by atoms with Crippen LogP contribution in [0.1, 0.15) is 25.2 Å². The maximum absolute atomic E-state index is 5.23. The van der Waals surface area contributed by atoms with Gasteiger partial charge in [0.2, 0.25) is 8.77 Å². The minimum atomic E-state index is 0.562. The molecule has 0 aromatic carbocycles. The Hall–Kier alpha value is -0.370. The van der Waals surface area contributed by atoms with E-state index in [9.17, 15) is 0 Å². The minimum Gasteiger partial charge on any atom is -0.479 e. The molecule has 0 atom stereocenters. The zero-order chi connectivity index (χ0) is 14.8. The van der Waals surface area contributed by atoms with E-state index in [-0.39, 0.29) is 0 Å². The van der Waals surface area contributed by atoms with E-state index in [1.54, 1.807) is 0 Å². The first-order valence-corrected chi connectivity index (χ1v) is 8.98. The Balaban J connectivity index is 2.45. The number of thioether (sulfide) groups is 2. The van der Waals surface area contributed by atoms with Crippen LogP contribution in [0.4, 0.5) is 0 Å². The predicted octanol–water partition coefficient (Wildman–Crippen LogP) is 4.19. The van der Waals surface area contributed by atoms with E-state index in [2.05, 4.69) is 4.98 Å². The standard InChI is InChI=1S/C13H17NO2S4/c1-3-15-12(17)19-8-10-6-5-7-11(14-10)9-20-13(18)16-4-2/h5-7H,3-4,8-9H2,1-2H3. The molecule has 0 bridgehead atoms. The normalized spacial score (nSPS) is 10.1. The predicted molar refractivity (Wildman–Crippen MR) is 95.3 cm³/mol. The summed E-state index contributed by atoms with van der Waals surface area (Å²) in [6.45, 7) is 5.05. The van der Waals surface area contributed by atoms with Crippen molar-refractivity contribution in [2.24, 2.45) is 0 Å². The number of ether oxygens (including phenoxy) is 2. The Bertz CT molecular complexity index is 417. The summed E-state index contributed by atoms with van der Waals surface area (Å²) in [5.74, 6) is 1.43. The fourth-order valence-corrected chi connectivity index (χ4v) is 3.12. The van der Waals surface area contributed by atoms with Gasteiger partial charge in [0.05, 0.1) is 24.6 Å². The molecule has 0 aliphatic heterocycles. The van der Waals surface area contributed by atoms with E-state index >= 15 is 0 Å². The molecule has 0 unspecified atom stereocenters. The smallest absolute Gasteiger partial charge is 0.220 e. The van der Waals surface area contributed by atoms with Gasteiger partial charge in [0, 0.05) is 11.5 Å². The molecule has 0 saturated carbocycles. The SMILES string of the molecule is CCOC(=S)SCc1cccc(CSC(=S)OCC)n1. The summed E-state index contributed by atoms with van der Waals surface area (Å²) in [6.07, 6.45) is 0. The van der Waals surface area contributed by atoms with Gasteiger partial charge in [-0.3, -0.25) is 4.98 Å². The highest BCUT2D eigenvalue weighted by Gasteiger charge is 2.04. The Morgan fingerprint density at radius 3 is 1.85 bits per heavy atom. The Labute approximate surface area is 139 Å². The highest BCUT2D eigenvalue weighted by atomic mass is 32.2. The summed E-state index contributed by atoms with van der Waals surface area (Å²) < 4.78 is 11.6. The summed E-state index contributed by atoms with van der Waals surface area (Å²) in [7, 11) is 0. The van der Waals surface area contributed by atoms with Gasteiger partial charge in [-0.05, 0) is 50.4 Å². The van der Waals surface area contributed by atoms with E-state index in [1.165, 1.54) is 23.5 Å². The van der Waals surface area contributed by atoms with Gasteiger partial charge in [-0.1, -0.05) is 29.6 Å². The maximum Gasteiger partial charge on any atom is 0.220 e. The average Bonchev–Trinajstić information content (AvgIpc) is 2.44. The van der Waals surface area contributed by atoms with Crippen LogP contribution in [0.5, 0.6) is 0 Å². The summed E-state index contributed by atoms with van der Waals surface area (Å²) in [6, 6.07) is 5.96. The van der Waals surface area contributed by atoms with E-state index in [0.717, 1.165) is 11.4 Å². The quantitative estimate of drug-likeness (QED) is 0.713. The molecule has 0 N–H and O–H groups in total. The first kappa shape index (κ1) is 17.7. The molecule has 0 aliphatic rings. The van der Waals surface area contributed by atoms with E-state index < -0.39 is 0 Å². The molecule has 20 heavy (non-hydrogen) atoms.